The van der Waals surface area contributed by atoms with Crippen molar-refractivity contribution in [2.45, 2.75) is 19.5 Å². The molecule has 2 aromatic rings. The van der Waals surface area contributed by atoms with Crippen LogP contribution in [0.2, 0.25) is 0 Å². The molecule has 0 radical (unpaired) electrons. The molecule has 0 aliphatic carbocycles. The number of H-pyrrole nitrogens is 1. The molecule has 1 aromatic carbocycles. The number of nitrogens with one attached hydrogen (secondary N) is 3. The van der Waals surface area contributed by atoms with Crippen molar-refractivity contribution in [1.29, 1.82) is 0 Å². The normalized spacial score (nSPS) is 19.1. The number of fused-ring (bicyclic) bond motifs is 1. The number of para-hydroxylation sites is 1. The zero-order valence-corrected chi connectivity index (χ0v) is 9.83. The Morgan fingerprint density at radius 1 is 1.41 bits per heavy atom. The van der Waals surface area contributed by atoms with Gasteiger partial charge in [0.05, 0.1) is 12.1 Å². The summed E-state index contributed by atoms with van der Waals surface area (Å²) >= 11 is 0. The molecule has 88 valence electrons. The van der Waals surface area contributed by atoms with Crippen molar-refractivity contribution in [2.75, 3.05) is 6.54 Å². The summed E-state index contributed by atoms with van der Waals surface area (Å²) in [5, 5.41) is 7.87. The first kappa shape index (κ1) is 10.2. The molecule has 3 N–H and O–H groups in total. The lowest BCUT2D eigenvalue weighted by molar-refractivity contribution is 0.713. The van der Waals surface area contributed by atoms with Crippen LogP contribution >= 0.6 is 0 Å². The zero-order chi connectivity index (χ0) is 11.7. The zero-order valence-electron chi connectivity index (χ0n) is 9.83. The topological polar surface area (TPSA) is 52.2 Å². The number of aromatic nitrogens is 1. The maximum Gasteiger partial charge on any atom is 0.191 e. The molecule has 0 bridgehead atoms. The summed E-state index contributed by atoms with van der Waals surface area (Å²) in [6.07, 6.45) is 1.97. The number of nitrogens with zero attached hydrogens (tertiary/aromatic N) is 1. The Hall–Kier alpha value is -1.97. The highest BCUT2D eigenvalue weighted by atomic mass is 15.2. The van der Waals surface area contributed by atoms with Crippen LogP contribution in [0.5, 0.6) is 0 Å². The first-order valence-electron chi connectivity index (χ1n) is 5.93. The van der Waals surface area contributed by atoms with Gasteiger partial charge in [0.25, 0.3) is 0 Å². The maximum atomic E-state index is 4.38. The molecule has 0 fully saturated rings. The first-order chi connectivity index (χ1) is 8.33. The van der Waals surface area contributed by atoms with E-state index in [1.54, 1.807) is 0 Å². The summed E-state index contributed by atoms with van der Waals surface area (Å²) in [6, 6.07) is 8.86. The van der Waals surface area contributed by atoms with Crippen molar-refractivity contribution in [1.82, 2.24) is 15.6 Å². The molecule has 1 aromatic heterocycles. The highest BCUT2D eigenvalue weighted by Gasteiger charge is 2.11. The smallest absolute Gasteiger partial charge is 0.191 e. The Balaban J connectivity index is 1.75. The van der Waals surface area contributed by atoms with E-state index in [2.05, 4.69) is 51.8 Å². The molecule has 2 heterocycles. The molecule has 1 unspecified atom stereocenters. The summed E-state index contributed by atoms with van der Waals surface area (Å²) < 4.78 is 0. The van der Waals surface area contributed by atoms with Gasteiger partial charge in [-0.25, -0.2) is 0 Å². The van der Waals surface area contributed by atoms with Crippen molar-refractivity contribution >= 4 is 16.9 Å². The van der Waals surface area contributed by atoms with Gasteiger partial charge in [0.2, 0.25) is 0 Å². The molecule has 4 heteroatoms. The minimum atomic E-state index is 0.443. The lowest BCUT2D eigenvalue weighted by Crippen LogP contribution is -2.37. The molecule has 0 saturated heterocycles. The lowest BCUT2D eigenvalue weighted by atomic mass is 10.1. The van der Waals surface area contributed by atoms with Gasteiger partial charge in [0.15, 0.2) is 5.96 Å². The predicted octanol–water partition coefficient (Wildman–Crippen LogP) is 1.61. The Morgan fingerprint density at radius 2 is 2.35 bits per heavy atom. The van der Waals surface area contributed by atoms with Crippen LogP contribution < -0.4 is 10.6 Å². The summed E-state index contributed by atoms with van der Waals surface area (Å²) in [4.78, 5) is 7.66. The van der Waals surface area contributed by atoms with Crippen LogP contribution in [0.15, 0.2) is 35.5 Å². The Bertz CT molecular complexity index is 555. The summed E-state index contributed by atoms with van der Waals surface area (Å²) in [5.41, 5.74) is 2.46. The third-order valence-corrected chi connectivity index (χ3v) is 3.03. The van der Waals surface area contributed by atoms with E-state index in [1.807, 2.05) is 6.20 Å². The summed E-state index contributed by atoms with van der Waals surface area (Å²) in [7, 11) is 0. The predicted molar refractivity (Wildman–Crippen MR) is 70.0 cm³/mol. The molecule has 17 heavy (non-hydrogen) atoms. The number of hydrogen-bond donors (Lipinski definition) is 3. The van der Waals surface area contributed by atoms with Gasteiger partial charge in [-0.05, 0) is 23.9 Å². The average Bonchev–Trinajstić information content (AvgIpc) is 2.94. The summed E-state index contributed by atoms with van der Waals surface area (Å²) in [6.45, 7) is 3.77. The standard InChI is InChI=1S/C13H16N4/c1-9-7-15-13(17-9)16-8-11-4-2-3-10-5-6-14-12(10)11/h2-6,9,14H,7-8H2,1H3,(H2,15,16,17). The SMILES string of the molecule is CC1CN=C(NCc2cccc3cc[nH]c23)N1. The Labute approximate surface area is 100 Å². The lowest BCUT2D eigenvalue weighted by Gasteiger charge is -2.09. The Kier molecular flexibility index (Phi) is 2.48. The molecule has 1 aliphatic rings. The Morgan fingerprint density at radius 3 is 3.18 bits per heavy atom. The number of benzene rings is 1. The van der Waals surface area contributed by atoms with Crippen molar-refractivity contribution in [2.24, 2.45) is 4.99 Å². The summed E-state index contributed by atoms with van der Waals surface area (Å²) in [5.74, 6) is 0.904. The van der Waals surface area contributed by atoms with Gasteiger partial charge in [0, 0.05) is 18.8 Å². The number of hydrogen-bond acceptors (Lipinski definition) is 3. The number of aliphatic imine (C=N–C) groups is 1. The average molecular weight is 228 g/mol. The van der Waals surface area contributed by atoms with E-state index < -0.39 is 0 Å². The van der Waals surface area contributed by atoms with Crippen LogP contribution in [-0.4, -0.2) is 23.5 Å². The molecule has 0 amide bonds. The van der Waals surface area contributed by atoms with Crippen LogP contribution in [-0.2, 0) is 6.54 Å². The quantitative estimate of drug-likeness (QED) is 0.731. The molecule has 1 atom stereocenters. The van der Waals surface area contributed by atoms with Crippen LogP contribution in [0.4, 0.5) is 0 Å². The molecule has 3 rings (SSSR count). The minimum Gasteiger partial charge on any atom is -0.361 e. The largest absolute Gasteiger partial charge is 0.361 e. The van der Waals surface area contributed by atoms with Crippen LogP contribution in [0.3, 0.4) is 0 Å². The van der Waals surface area contributed by atoms with Gasteiger partial charge < -0.3 is 15.6 Å². The van der Waals surface area contributed by atoms with Gasteiger partial charge in [-0.3, -0.25) is 4.99 Å². The highest BCUT2D eigenvalue weighted by Crippen LogP contribution is 2.16. The molecule has 0 saturated carbocycles. The highest BCUT2D eigenvalue weighted by molar-refractivity contribution is 5.84. The fourth-order valence-electron chi connectivity index (χ4n) is 2.14. The van der Waals surface area contributed by atoms with Crippen LogP contribution in [0.1, 0.15) is 12.5 Å². The van der Waals surface area contributed by atoms with E-state index in [-0.39, 0.29) is 0 Å². The van der Waals surface area contributed by atoms with Crippen LogP contribution in [0, 0.1) is 0 Å². The van der Waals surface area contributed by atoms with Gasteiger partial charge >= 0.3 is 0 Å². The molecule has 0 spiro atoms. The maximum absolute atomic E-state index is 4.38. The van der Waals surface area contributed by atoms with E-state index >= 15 is 0 Å². The van der Waals surface area contributed by atoms with E-state index in [1.165, 1.54) is 16.5 Å². The molecule has 4 nitrogen and oxygen atoms in total. The van der Waals surface area contributed by atoms with E-state index in [4.69, 9.17) is 0 Å². The first-order valence-corrected chi connectivity index (χ1v) is 5.93. The third kappa shape index (κ3) is 1.98. The second kappa shape index (κ2) is 4.13. The third-order valence-electron chi connectivity index (χ3n) is 3.03. The van der Waals surface area contributed by atoms with E-state index in [0.717, 1.165) is 19.0 Å². The second-order valence-electron chi connectivity index (χ2n) is 4.45. The molecule has 1 aliphatic heterocycles. The van der Waals surface area contributed by atoms with Gasteiger partial charge in [-0.2, -0.15) is 0 Å². The minimum absolute atomic E-state index is 0.443. The number of guanidine groups is 1. The van der Waals surface area contributed by atoms with Crippen molar-refractivity contribution in [3.63, 3.8) is 0 Å². The second-order valence-corrected chi connectivity index (χ2v) is 4.45. The number of rotatable bonds is 2. The number of aromatic amines is 1. The van der Waals surface area contributed by atoms with Crippen molar-refractivity contribution in [3.05, 3.63) is 36.0 Å². The van der Waals surface area contributed by atoms with Gasteiger partial charge in [-0.1, -0.05) is 18.2 Å². The molecular weight excluding hydrogens is 212 g/mol. The monoisotopic (exact) mass is 228 g/mol. The van der Waals surface area contributed by atoms with Crippen molar-refractivity contribution in [3.8, 4) is 0 Å². The van der Waals surface area contributed by atoms with E-state index in [9.17, 15) is 0 Å². The van der Waals surface area contributed by atoms with Crippen LogP contribution in [0.25, 0.3) is 10.9 Å². The van der Waals surface area contributed by atoms with Gasteiger partial charge in [0.1, 0.15) is 0 Å². The van der Waals surface area contributed by atoms with E-state index in [0.29, 0.717) is 6.04 Å². The van der Waals surface area contributed by atoms with Crippen molar-refractivity contribution < 1.29 is 0 Å². The molecular formula is C13H16N4. The van der Waals surface area contributed by atoms with Gasteiger partial charge in [-0.15, -0.1) is 0 Å². The fraction of sp³-hybridized carbons (Fsp3) is 0.308. The fourth-order valence-corrected chi connectivity index (χ4v) is 2.14.